The van der Waals surface area contributed by atoms with E-state index in [2.05, 4.69) is 20.9 Å². The lowest BCUT2D eigenvalue weighted by molar-refractivity contribution is -0.149. The number of nitrogens with two attached hydrogens (primary N) is 1. The first-order valence-electron chi connectivity index (χ1n) is 6.33. The van der Waals surface area contributed by atoms with Gasteiger partial charge in [-0.3, -0.25) is 19.1 Å². The minimum absolute atomic E-state index is 0.128. The molecule has 1 unspecified atom stereocenters. The fraction of sp³-hybridized carbons (Fsp3) is 0.308. The molecule has 0 bridgehead atoms. The van der Waals surface area contributed by atoms with E-state index >= 15 is 0 Å². The van der Waals surface area contributed by atoms with E-state index in [0.29, 0.717) is 17.5 Å². The van der Waals surface area contributed by atoms with Crippen LogP contribution in [0.15, 0.2) is 16.6 Å². The van der Waals surface area contributed by atoms with Crippen molar-refractivity contribution in [3.05, 3.63) is 22.4 Å². The second-order valence-electron chi connectivity index (χ2n) is 4.94. The molecule has 0 spiro atoms. The van der Waals surface area contributed by atoms with Crippen LogP contribution in [0.2, 0.25) is 0 Å². The number of carbonyl (C=O) groups excluding carboxylic acids is 2. The first-order chi connectivity index (χ1) is 9.90. The third-order valence-corrected chi connectivity index (χ3v) is 4.30. The Balaban J connectivity index is 2.16. The van der Waals surface area contributed by atoms with Crippen LogP contribution >= 0.6 is 15.9 Å². The molecule has 1 aromatic heterocycles. The van der Waals surface area contributed by atoms with Gasteiger partial charge in [-0.15, -0.1) is 0 Å². The van der Waals surface area contributed by atoms with Gasteiger partial charge in [0.2, 0.25) is 11.9 Å². The number of anilines is 1. The number of carbonyl (C=O) groups is 2. The van der Waals surface area contributed by atoms with Crippen LogP contribution in [0.3, 0.4) is 0 Å². The standard InChI is InChI=1S/C13H12BrFN4O2/c1-18-11(20)3-2-9(12(18)21)19-10-5-7(15)6(14)4-8(10)17-13(19)16/h4-5,9H,2-3H2,1H3,(H2,16,17). The summed E-state index contributed by atoms with van der Waals surface area (Å²) >= 11 is 3.09. The minimum Gasteiger partial charge on any atom is -0.369 e. The van der Waals surface area contributed by atoms with Crippen molar-refractivity contribution in [2.75, 3.05) is 12.8 Å². The molecule has 2 amide bonds. The molecule has 2 aromatic rings. The summed E-state index contributed by atoms with van der Waals surface area (Å²) in [5.74, 6) is -0.923. The van der Waals surface area contributed by atoms with Gasteiger partial charge in [0.1, 0.15) is 11.9 Å². The third-order valence-electron chi connectivity index (χ3n) is 3.69. The molecule has 0 aliphatic carbocycles. The maximum atomic E-state index is 13.8. The van der Waals surface area contributed by atoms with Crippen molar-refractivity contribution in [2.45, 2.75) is 18.9 Å². The molecule has 3 rings (SSSR count). The number of hydrogen-bond donors (Lipinski definition) is 1. The van der Waals surface area contributed by atoms with Crippen LogP contribution in [-0.4, -0.2) is 33.3 Å². The molecule has 2 heterocycles. The van der Waals surface area contributed by atoms with Crippen LogP contribution in [0.4, 0.5) is 10.3 Å². The Kier molecular flexibility index (Phi) is 3.20. The van der Waals surface area contributed by atoms with Crippen LogP contribution in [0, 0.1) is 5.82 Å². The summed E-state index contributed by atoms with van der Waals surface area (Å²) in [4.78, 5) is 29.1. The number of halogens is 2. The van der Waals surface area contributed by atoms with Crippen molar-refractivity contribution in [2.24, 2.45) is 0 Å². The van der Waals surface area contributed by atoms with Gasteiger partial charge >= 0.3 is 0 Å². The molecule has 110 valence electrons. The molecule has 1 fully saturated rings. The third kappa shape index (κ3) is 2.10. The number of rotatable bonds is 1. The van der Waals surface area contributed by atoms with Crippen molar-refractivity contribution in [1.82, 2.24) is 14.5 Å². The average Bonchev–Trinajstić information content (AvgIpc) is 2.73. The zero-order chi connectivity index (χ0) is 15.3. The maximum absolute atomic E-state index is 13.8. The highest BCUT2D eigenvalue weighted by Gasteiger charge is 2.35. The van der Waals surface area contributed by atoms with E-state index in [1.165, 1.54) is 23.7 Å². The lowest BCUT2D eigenvalue weighted by Gasteiger charge is -2.29. The quantitative estimate of drug-likeness (QED) is 0.792. The number of aromatic nitrogens is 2. The summed E-state index contributed by atoms with van der Waals surface area (Å²) in [5, 5.41) is 0. The second-order valence-corrected chi connectivity index (χ2v) is 5.79. The lowest BCUT2D eigenvalue weighted by atomic mass is 10.0. The van der Waals surface area contributed by atoms with Crippen molar-refractivity contribution < 1.29 is 14.0 Å². The Labute approximate surface area is 127 Å². The topological polar surface area (TPSA) is 81.2 Å². The Morgan fingerprint density at radius 2 is 2.14 bits per heavy atom. The van der Waals surface area contributed by atoms with Crippen LogP contribution < -0.4 is 5.73 Å². The summed E-state index contributed by atoms with van der Waals surface area (Å²) in [6.45, 7) is 0. The fourth-order valence-electron chi connectivity index (χ4n) is 2.57. The van der Waals surface area contributed by atoms with Gasteiger partial charge in [-0.1, -0.05) is 0 Å². The van der Waals surface area contributed by atoms with E-state index in [1.54, 1.807) is 0 Å². The number of amides is 2. The highest BCUT2D eigenvalue weighted by Crippen LogP contribution is 2.32. The van der Waals surface area contributed by atoms with E-state index in [4.69, 9.17) is 5.73 Å². The van der Waals surface area contributed by atoms with Gasteiger partial charge in [0.05, 0.1) is 15.5 Å². The van der Waals surface area contributed by atoms with E-state index in [0.717, 1.165) is 4.90 Å². The molecule has 1 atom stereocenters. The largest absolute Gasteiger partial charge is 0.369 e. The fourth-order valence-corrected chi connectivity index (χ4v) is 2.91. The van der Waals surface area contributed by atoms with E-state index in [9.17, 15) is 14.0 Å². The van der Waals surface area contributed by atoms with Gasteiger partial charge in [0.25, 0.3) is 5.91 Å². The van der Waals surface area contributed by atoms with Crippen molar-refractivity contribution in [1.29, 1.82) is 0 Å². The molecule has 8 heteroatoms. The van der Waals surface area contributed by atoms with Gasteiger partial charge in [-0.2, -0.15) is 0 Å². The molecule has 2 N–H and O–H groups in total. The smallest absolute Gasteiger partial charge is 0.252 e. The van der Waals surface area contributed by atoms with Gasteiger partial charge in [-0.05, 0) is 28.4 Å². The first kappa shape index (κ1) is 14.0. The van der Waals surface area contributed by atoms with E-state index in [1.807, 2.05) is 0 Å². The van der Waals surface area contributed by atoms with Crippen LogP contribution in [-0.2, 0) is 9.59 Å². The Bertz CT molecular complexity index is 773. The highest BCUT2D eigenvalue weighted by molar-refractivity contribution is 9.10. The van der Waals surface area contributed by atoms with E-state index in [-0.39, 0.29) is 28.7 Å². The summed E-state index contributed by atoms with van der Waals surface area (Å²) < 4.78 is 15.5. The van der Waals surface area contributed by atoms with Crippen LogP contribution in [0.1, 0.15) is 18.9 Å². The molecule has 1 aromatic carbocycles. The number of fused-ring (bicyclic) bond motifs is 1. The average molecular weight is 355 g/mol. The molecule has 1 saturated heterocycles. The molecule has 0 radical (unpaired) electrons. The number of nitrogen functional groups attached to an aromatic ring is 1. The number of hydrogen-bond acceptors (Lipinski definition) is 4. The molecule has 0 saturated carbocycles. The zero-order valence-corrected chi connectivity index (χ0v) is 12.7. The normalized spacial score (nSPS) is 19.6. The number of likely N-dealkylation sites (tertiary alicyclic amines) is 1. The molecule has 21 heavy (non-hydrogen) atoms. The van der Waals surface area contributed by atoms with Gasteiger partial charge in [0.15, 0.2) is 0 Å². The summed E-state index contributed by atoms with van der Waals surface area (Å²) in [5.41, 5.74) is 6.82. The maximum Gasteiger partial charge on any atom is 0.252 e. The predicted octanol–water partition coefficient (Wildman–Crippen LogP) is 1.84. The Hall–Kier alpha value is -1.96. The molecule has 1 aliphatic heterocycles. The van der Waals surface area contributed by atoms with Gasteiger partial charge in [0, 0.05) is 19.5 Å². The number of nitrogens with zero attached hydrogens (tertiary/aromatic N) is 3. The Morgan fingerprint density at radius 3 is 2.86 bits per heavy atom. The molecular formula is C13H12BrFN4O2. The number of benzene rings is 1. The minimum atomic E-state index is -0.640. The van der Waals surface area contributed by atoms with Crippen LogP contribution in [0.25, 0.3) is 11.0 Å². The lowest BCUT2D eigenvalue weighted by Crippen LogP contribution is -2.43. The predicted molar refractivity (Wildman–Crippen MR) is 77.9 cm³/mol. The van der Waals surface area contributed by atoms with Crippen molar-refractivity contribution in [3.8, 4) is 0 Å². The number of piperidine rings is 1. The molecular weight excluding hydrogens is 343 g/mol. The van der Waals surface area contributed by atoms with Crippen molar-refractivity contribution in [3.63, 3.8) is 0 Å². The molecule has 6 nitrogen and oxygen atoms in total. The van der Waals surface area contributed by atoms with Gasteiger partial charge < -0.3 is 5.73 Å². The van der Waals surface area contributed by atoms with E-state index < -0.39 is 11.9 Å². The number of imide groups is 1. The summed E-state index contributed by atoms with van der Waals surface area (Å²) in [7, 11) is 1.43. The molecule has 1 aliphatic rings. The SMILES string of the molecule is CN1C(=O)CCC(n2c(N)nc3cc(Br)c(F)cc32)C1=O. The van der Waals surface area contributed by atoms with Crippen LogP contribution in [0.5, 0.6) is 0 Å². The number of imidazole rings is 1. The summed E-state index contributed by atoms with van der Waals surface area (Å²) in [6.07, 6.45) is 0.570. The summed E-state index contributed by atoms with van der Waals surface area (Å²) in [6, 6.07) is 2.16. The zero-order valence-electron chi connectivity index (χ0n) is 11.1. The Morgan fingerprint density at radius 1 is 1.43 bits per heavy atom. The van der Waals surface area contributed by atoms with Gasteiger partial charge in [-0.25, -0.2) is 9.37 Å². The number of likely N-dealkylation sites (N-methyl/N-ethyl adjacent to an activating group) is 1. The monoisotopic (exact) mass is 354 g/mol. The van der Waals surface area contributed by atoms with Crippen molar-refractivity contribution >= 4 is 44.7 Å². The second kappa shape index (κ2) is 4.80. The first-order valence-corrected chi connectivity index (χ1v) is 7.12. The highest BCUT2D eigenvalue weighted by atomic mass is 79.9.